The number of hydrogen-bond donors (Lipinski definition) is 2. The molecule has 0 aromatic heterocycles. The van der Waals surface area contributed by atoms with Crippen molar-refractivity contribution < 1.29 is 28.3 Å². The molecule has 2 N–H and O–H groups in total. The van der Waals surface area contributed by atoms with Crippen LogP contribution in [0.5, 0.6) is 0 Å². The van der Waals surface area contributed by atoms with E-state index in [1.807, 2.05) is 0 Å². The monoisotopic (exact) mass is 408 g/mol. The summed E-state index contributed by atoms with van der Waals surface area (Å²) in [6.07, 6.45) is 18.2. The van der Waals surface area contributed by atoms with E-state index in [-0.39, 0.29) is 18.8 Å². The molecule has 0 aromatic rings. The second-order valence-electron chi connectivity index (χ2n) is 7.73. The molecular formula is C20H41O6P. The van der Waals surface area contributed by atoms with E-state index in [0.717, 1.165) is 12.8 Å². The first-order chi connectivity index (χ1) is 13.0. The molecule has 0 aromatic carbocycles. The first-order valence-electron chi connectivity index (χ1n) is 10.9. The van der Waals surface area contributed by atoms with Gasteiger partial charge in [0.1, 0.15) is 6.10 Å². The molecule has 0 spiro atoms. The Kier molecular flexibility index (Phi) is 14.8. The predicted octanol–water partition coefficient (Wildman–Crippen LogP) is 5.36. The molecule has 0 amide bonds. The van der Waals surface area contributed by atoms with Gasteiger partial charge in [-0.1, -0.05) is 90.4 Å². The average Bonchev–Trinajstić information content (AvgIpc) is 2.64. The van der Waals surface area contributed by atoms with Crippen LogP contribution in [-0.4, -0.2) is 41.8 Å². The minimum atomic E-state index is -4.43. The molecule has 6 nitrogen and oxygen atoms in total. The number of hydrogen-bond acceptors (Lipinski definition) is 4. The first kappa shape index (κ1) is 25.1. The summed E-state index contributed by atoms with van der Waals surface area (Å²) in [4.78, 5) is 17.4. The van der Waals surface area contributed by atoms with Crippen LogP contribution in [-0.2, 0) is 18.6 Å². The molecule has 1 aliphatic rings. The molecule has 0 aliphatic carbocycles. The summed E-state index contributed by atoms with van der Waals surface area (Å²) in [6.45, 7) is 2.95. The molecule has 1 heterocycles. The fourth-order valence-corrected chi connectivity index (χ4v) is 3.78. The van der Waals surface area contributed by atoms with E-state index in [1.54, 1.807) is 0 Å². The molecule has 2 atom stereocenters. The van der Waals surface area contributed by atoms with E-state index < -0.39 is 7.82 Å². The van der Waals surface area contributed by atoms with Gasteiger partial charge in [-0.15, -0.1) is 0 Å². The molecular weight excluding hydrogens is 367 g/mol. The summed E-state index contributed by atoms with van der Waals surface area (Å²) in [5.74, 6) is 0. The van der Waals surface area contributed by atoms with E-state index in [1.165, 1.54) is 77.0 Å². The maximum atomic E-state index is 10.7. The summed E-state index contributed by atoms with van der Waals surface area (Å²) < 4.78 is 26.4. The Morgan fingerprint density at radius 2 is 1.22 bits per heavy atom. The van der Waals surface area contributed by atoms with Crippen molar-refractivity contribution in [2.45, 2.75) is 109 Å². The molecule has 0 saturated carbocycles. The summed E-state index contributed by atoms with van der Waals surface area (Å²) >= 11 is 0. The van der Waals surface area contributed by atoms with Crippen LogP contribution in [0.2, 0.25) is 0 Å². The van der Waals surface area contributed by atoms with E-state index >= 15 is 0 Å². The van der Waals surface area contributed by atoms with Crippen LogP contribution in [0.3, 0.4) is 0 Å². The fraction of sp³-hybridized carbons (Fsp3) is 1.00. The molecule has 1 fully saturated rings. The van der Waals surface area contributed by atoms with Gasteiger partial charge in [-0.2, -0.15) is 0 Å². The van der Waals surface area contributed by atoms with Crippen molar-refractivity contribution in [1.82, 2.24) is 0 Å². The third kappa shape index (κ3) is 15.6. The van der Waals surface area contributed by atoms with Crippen molar-refractivity contribution in [3.8, 4) is 0 Å². The summed E-state index contributed by atoms with van der Waals surface area (Å²) in [6, 6.07) is 0. The van der Waals surface area contributed by atoms with Crippen LogP contribution < -0.4 is 0 Å². The Labute approximate surface area is 165 Å². The quantitative estimate of drug-likeness (QED) is 0.249. The number of phosphoric acid groups is 1. The molecule has 27 heavy (non-hydrogen) atoms. The van der Waals surface area contributed by atoms with Crippen molar-refractivity contribution in [1.29, 1.82) is 0 Å². The molecule has 162 valence electrons. The second-order valence-corrected chi connectivity index (χ2v) is 8.97. The Hall–Kier alpha value is 0.0300. The molecule has 1 rings (SSSR count). The Bertz CT molecular complexity index is 379. The number of phosphoric ester groups is 1. The molecule has 0 radical (unpaired) electrons. The van der Waals surface area contributed by atoms with Gasteiger partial charge in [0.05, 0.1) is 25.9 Å². The normalized spacial score (nSPS) is 20.9. The zero-order valence-electron chi connectivity index (χ0n) is 17.2. The lowest BCUT2D eigenvalue weighted by Crippen LogP contribution is -2.38. The standard InChI is InChI=1S/C20H41O6P/c1-2-3-4-5-6-7-8-9-10-11-12-13-14-15-19-16-25-20(17-24-19)18-26-27(21,22)23/h19-20H,2-18H2,1H3,(H2,21,22,23)/t19-,20+/m1/s1. The Morgan fingerprint density at radius 3 is 1.67 bits per heavy atom. The highest BCUT2D eigenvalue weighted by molar-refractivity contribution is 7.46. The van der Waals surface area contributed by atoms with Crippen molar-refractivity contribution in [3.63, 3.8) is 0 Å². The predicted molar refractivity (Wildman–Crippen MR) is 108 cm³/mol. The van der Waals surface area contributed by atoms with Crippen molar-refractivity contribution >= 4 is 7.82 Å². The molecule has 1 saturated heterocycles. The SMILES string of the molecule is CCCCCCCCCCCCCCC[C@@H]1CO[C@H](COP(=O)(O)O)CO1. The second kappa shape index (κ2) is 15.9. The Morgan fingerprint density at radius 1 is 0.778 bits per heavy atom. The highest BCUT2D eigenvalue weighted by atomic mass is 31.2. The van der Waals surface area contributed by atoms with Crippen LogP contribution in [0.1, 0.15) is 96.8 Å². The van der Waals surface area contributed by atoms with Gasteiger partial charge in [0.2, 0.25) is 0 Å². The van der Waals surface area contributed by atoms with Gasteiger partial charge >= 0.3 is 7.82 Å². The van der Waals surface area contributed by atoms with Crippen LogP contribution in [0.15, 0.2) is 0 Å². The van der Waals surface area contributed by atoms with Gasteiger partial charge in [-0.05, 0) is 6.42 Å². The number of unbranched alkanes of at least 4 members (excludes halogenated alkanes) is 12. The third-order valence-electron chi connectivity index (χ3n) is 5.09. The van der Waals surface area contributed by atoms with Gasteiger partial charge in [-0.3, -0.25) is 4.52 Å². The van der Waals surface area contributed by atoms with Gasteiger partial charge in [0, 0.05) is 0 Å². The zero-order chi connectivity index (χ0) is 19.8. The van der Waals surface area contributed by atoms with Gasteiger partial charge in [0.15, 0.2) is 0 Å². The lowest BCUT2D eigenvalue weighted by atomic mass is 10.0. The smallest absolute Gasteiger partial charge is 0.373 e. The van der Waals surface area contributed by atoms with Crippen LogP contribution in [0.4, 0.5) is 0 Å². The summed E-state index contributed by atoms with van der Waals surface area (Å²) in [7, 11) is -4.43. The first-order valence-corrected chi connectivity index (χ1v) is 12.5. The van der Waals surface area contributed by atoms with E-state index in [0.29, 0.717) is 13.2 Å². The van der Waals surface area contributed by atoms with Crippen molar-refractivity contribution in [2.24, 2.45) is 0 Å². The highest BCUT2D eigenvalue weighted by Crippen LogP contribution is 2.36. The van der Waals surface area contributed by atoms with Gasteiger partial charge in [-0.25, -0.2) is 4.57 Å². The summed E-state index contributed by atoms with van der Waals surface area (Å²) in [5, 5.41) is 0. The topological polar surface area (TPSA) is 85.2 Å². The van der Waals surface area contributed by atoms with Gasteiger partial charge in [0.25, 0.3) is 0 Å². The largest absolute Gasteiger partial charge is 0.469 e. The molecule has 0 unspecified atom stereocenters. The van der Waals surface area contributed by atoms with Crippen molar-refractivity contribution in [3.05, 3.63) is 0 Å². The zero-order valence-corrected chi connectivity index (χ0v) is 18.0. The summed E-state index contributed by atoms with van der Waals surface area (Å²) in [5.41, 5.74) is 0. The van der Waals surface area contributed by atoms with Crippen LogP contribution in [0, 0.1) is 0 Å². The lowest BCUT2D eigenvalue weighted by Gasteiger charge is -2.29. The molecule has 0 bridgehead atoms. The number of ether oxygens (including phenoxy) is 2. The minimum Gasteiger partial charge on any atom is -0.373 e. The van der Waals surface area contributed by atoms with Crippen LogP contribution in [0.25, 0.3) is 0 Å². The Balaban J connectivity index is 1.82. The third-order valence-corrected chi connectivity index (χ3v) is 5.58. The maximum Gasteiger partial charge on any atom is 0.469 e. The minimum absolute atomic E-state index is 0.101. The maximum absolute atomic E-state index is 10.7. The van der Waals surface area contributed by atoms with E-state index in [9.17, 15) is 4.57 Å². The van der Waals surface area contributed by atoms with Crippen LogP contribution >= 0.6 is 7.82 Å². The van der Waals surface area contributed by atoms with Gasteiger partial charge < -0.3 is 19.3 Å². The van der Waals surface area contributed by atoms with Crippen molar-refractivity contribution in [2.75, 3.05) is 19.8 Å². The highest BCUT2D eigenvalue weighted by Gasteiger charge is 2.25. The fourth-order valence-electron chi connectivity index (χ4n) is 3.42. The van der Waals surface area contributed by atoms with E-state index in [2.05, 4.69) is 11.4 Å². The molecule has 7 heteroatoms. The molecule has 1 aliphatic heterocycles. The number of rotatable bonds is 17. The lowest BCUT2D eigenvalue weighted by molar-refractivity contribution is -0.145. The van der Waals surface area contributed by atoms with E-state index in [4.69, 9.17) is 19.3 Å². The average molecular weight is 409 g/mol.